The van der Waals surface area contributed by atoms with Gasteiger partial charge >= 0.3 is 0 Å². The summed E-state index contributed by atoms with van der Waals surface area (Å²) in [5.74, 6) is -0.655. The van der Waals surface area contributed by atoms with Gasteiger partial charge in [0.1, 0.15) is 5.65 Å². The molecule has 0 saturated carbocycles. The van der Waals surface area contributed by atoms with Crippen LogP contribution in [0.5, 0.6) is 0 Å². The number of primary amides is 1. The van der Waals surface area contributed by atoms with E-state index in [0.29, 0.717) is 16.9 Å². The first kappa shape index (κ1) is 22.4. The molecule has 2 aromatic heterocycles. The maximum atomic E-state index is 12.9. The number of amides is 2. The first-order valence-electron chi connectivity index (χ1n) is 11.8. The molecular formula is C28H27N5O2. The molecule has 0 radical (unpaired) electrons. The molecule has 4 N–H and O–H groups in total. The predicted octanol–water partition coefficient (Wildman–Crippen LogP) is 4.37. The van der Waals surface area contributed by atoms with Gasteiger partial charge in [0, 0.05) is 47.7 Å². The summed E-state index contributed by atoms with van der Waals surface area (Å²) in [5, 5.41) is 3.74. The van der Waals surface area contributed by atoms with Gasteiger partial charge in [-0.15, -0.1) is 0 Å². The third-order valence-corrected chi connectivity index (χ3v) is 6.30. The van der Waals surface area contributed by atoms with E-state index in [0.717, 1.165) is 35.2 Å². The number of anilines is 2. The average Bonchev–Trinajstić information content (AvgIpc) is 3.54. The molecule has 3 heterocycles. The Morgan fingerprint density at radius 3 is 2.49 bits per heavy atom. The molecule has 7 nitrogen and oxygen atoms in total. The number of rotatable bonds is 7. The highest BCUT2D eigenvalue weighted by Crippen LogP contribution is 2.29. The third kappa shape index (κ3) is 4.94. The molecule has 1 aliphatic heterocycles. The van der Waals surface area contributed by atoms with Crippen molar-refractivity contribution in [2.45, 2.75) is 19.3 Å². The molecule has 0 bridgehead atoms. The summed E-state index contributed by atoms with van der Waals surface area (Å²) in [7, 11) is 0. The molecule has 176 valence electrons. The minimum Gasteiger partial charge on any atom is -0.372 e. The van der Waals surface area contributed by atoms with E-state index in [1.807, 2.05) is 42.5 Å². The lowest BCUT2D eigenvalue weighted by molar-refractivity contribution is -0.115. The summed E-state index contributed by atoms with van der Waals surface area (Å²) in [6.07, 6.45) is 7.84. The number of fused-ring (bicyclic) bond motifs is 1. The Labute approximate surface area is 203 Å². The standard InChI is InChI=1S/C28H27N5O2/c29-27(35)23(20-6-2-1-3-7-20)17-21-18-31-28-26(21)24(12-13-30-28)32-25(34)16-19-8-10-22(11-9-19)33-14-4-5-15-33/h1-3,6-13,17-18H,4-5,14-16H2,(H2,29,35)(H2,30,31,32,34). The zero-order valence-electron chi connectivity index (χ0n) is 19.3. The van der Waals surface area contributed by atoms with Crippen LogP contribution in [0.1, 0.15) is 29.5 Å². The van der Waals surface area contributed by atoms with E-state index in [1.165, 1.54) is 18.5 Å². The van der Waals surface area contributed by atoms with Crippen molar-refractivity contribution in [1.82, 2.24) is 9.97 Å². The summed E-state index contributed by atoms with van der Waals surface area (Å²) in [6, 6.07) is 19.2. The molecule has 4 aromatic rings. The fourth-order valence-corrected chi connectivity index (χ4v) is 4.55. The fraction of sp³-hybridized carbons (Fsp3) is 0.179. The second-order valence-electron chi connectivity index (χ2n) is 8.70. The van der Waals surface area contributed by atoms with Crippen LogP contribution in [0.15, 0.2) is 73.1 Å². The number of nitrogens with two attached hydrogens (primary N) is 1. The SMILES string of the molecule is NC(=O)C(=Cc1c[nH]c2nccc(NC(=O)Cc3ccc(N4CCCC4)cc3)c12)c1ccccc1. The van der Waals surface area contributed by atoms with Crippen molar-refractivity contribution in [3.05, 3.63) is 89.7 Å². The molecule has 2 aromatic carbocycles. The van der Waals surface area contributed by atoms with Gasteiger partial charge in [-0.1, -0.05) is 42.5 Å². The van der Waals surface area contributed by atoms with Crippen LogP contribution in [0.3, 0.4) is 0 Å². The van der Waals surface area contributed by atoms with E-state index in [-0.39, 0.29) is 12.3 Å². The van der Waals surface area contributed by atoms with Crippen molar-refractivity contribution >= 4 is 45.9 Å². The fourth-order valence-electron chi connectivity index (χ4n) is 4.55. The summed E-state index contributed by atoms with van der Waals surface area (Å²) in [4.78, 5) is 35.0. The molecule has 1 aliphatic rings. The molecule has 1 saturated heterocycles. The quantitative estimate of drug-likeness (QED) is 0.353. The van der Waals surface area contributed by atoms with Crippen LogP contribution in [0, 0.1) is 0 Å². The smallest absolute Gasteiger partial charge is 0.249 e. The van der Waals surface area contributed by atoms with Gasteiger partial charge in [0.05, 0.1) is 12.1 Å². The number of nitrogens with zero attached hydrogens (tertiary/aromatic N) is 2. The monoisotopic (exact) mass is 465 g/mol. The number of carbonyl (C=O) groups is 2. The van der Waals surface area contributed by atoms with Gasteiger partial charge in [0.2, 0.25) is 11.8 Å². The highest BCUT2D eigenvalue weighted by atomic mass is 16.2. The Balaban J connectivity index is 1.38. The molecule has 7 heteroatoms. The summed E-state index contributed by atoms with van der Waals surface area (Å²) in [6.45, 7) is 2.18. The van der Waals surface area contributed by atoms with Gasteiger partial charge in [-0.25, -0.2) is 4.98 Å². The summed E-state index contributed by atoms with van der Waals surface area (Å²) < 4.78 is 0. The molecule has 2 amide bonds. The molecule has 0 aliphatic carbocycles. The van der Waals surface area contributed by atoms with Crippen molar-refractivity contribution < 1.29 is 9.59 Å². The van der Waals surface area contributed by atoms with Gasteiger partial charge in [0.15, 0.2) is 0 Å². The van der Waals surface area contributed by atoms with Crippen LogP contribution >= 0.6 is 0 Å². The number of benzene rings is 2. The van der Waals surface area contributed by atoms with Crippen LogP contribution < -0.4 is 16.0 Å². The van der Waals surface area contributed by atoms with E-state index in [1.54, 1.807) is 24.5 Å². The van der Waals surface area contributed by atoms with Gasteiger partial charge in [0.25, 0.3) is 0 Å². The Morgan fingerprint density at radius 2 is 1.77 bits per heavy atom. The Kier molecular flexibility index (Phi) is 6.30. The number of aromatic nitrogens is 2. The third-order valence-electron chi connectivity index (χ3n) is 6.30. The van der Waals surface area contributed by atoms with E-state index in [9.17, 15) is 9.59 Å². The van der Waals surface area contributed by atoms with Gasteiger partial charge in [-0.3, -0.25) is 9.59 Å². The average molecular weight is 466 g/mol. The van der Waals surface area contributed by atoms with Crippen LogP contribution in [0.25, 0.3) is 22.7 Å². The van der Waals surface area contributed by atoms with Crippen molar-refractivity contribution in [3.63, 3.8) is 0 Å². The van der Waals surface area contributed by atoms with Crippen molar-refractivity contribution in [2.75, 3.05) is 23.3 Å². The van der Waals surface area contributed by atoms with Crippen LogP contribution in [0.2, 0.25) is 0 Å². The number of H-pyrrole nitrogens is 1. The Hall–Kier alpha value is -4.39. The number of nitrogens with one attached hydrogen (secondary N) is 2. The molecule has 0 unspecified atom stereocenters. The Morgan fingerprint density at radius 1 is 1.03 bits per heavy atom. The number of carbonyl (C=O) groups excluding carboxylic acids is 2. The topological polar surface area (TPSA) is 104 Å². The lowest BCUT2D eigenvalue weighted by Gasteiger charge is -2.17. The van der Waals surface area contributed by atoms with E-state index in [2.05, 4.69) is 32.3 Å². The normalized spacial score (nSPS) is 13.8. The van der Waals surface area contributed by atoms with Crippen molar-refractivity contribution in [2.24, 2.45) is 5.73 Å². The maximum Gasteiger partial charge on any atom is 0.249 e. The second kappa shape index (κ2) is 9.85. The highest BCUT2D eigenvalue weighted by Gasteiger charge is 2.15. The van der Waals surface area contributed by atoms with Crippen LogP contribution in [-0.4, -0.2) is 34.9 Å². The zero-order chi connectivity index (χ0) is 24.2. The zero-order valence-corrected chi connectivity index (χ0v) is 19.3. The van der Waals surface area contributed by atoms with Crippen LogP contribution in [0.4, 0.5) is 11.4 Å². The maximum absolute atomic E-state index is 12.9. The number of hydrogen-bond acceptors (Lipinski definition) is 4. The highest BCUT2D eigenvalue weighted by molar-refractivity contribution is 6.24. The van der Waals surface area contributed by atoms with E-state index < -0.39 is 5.91 Å². The lowest BCUT2D eigenvalue weighted by Crippen LogP contribution is -2.18. The number of hydrogen-bond donors (Lipinski definition) is 3. The summed E-state index contributed by atoms with van der Waals surface area (Å²) >= 11 is 0. The molecule has 35 heavy (non-hydrogen) atoms. The number of aromatic amines is 1. The van der Waals surface area contributed by atoms with E-state index >= 15 is 0 Å². The first-order chi connectivity index (χ1) is 17.1. The van der Waals surface area contributed by atoms with Crippen molar-refractivity contribution in [1.29, 1.82) is 0 Å². The van der Waals surface area contributed by atoms with E-state index in [4.69, 9.17) is 5.73 Å². The van der Waals surface area contributed by atoms with Crippen LogP contribution in [-0.2, 0) is 16.0 Å². The first-order valence-corrected chi connectivity index (χ1v) is 11.8. The van der Waals surface area contributed by atoms with Gasteiger partial charge in [-0.05, 0) is 48.2 Å². The minimum absolute atomic E-state index is 0.124. The van der Waals surface area contributed by atoms with Gasteiger partial charge < -0.3 is 20.9 Å². The summed E-state index contributed by atoms with van der Waals surface area (Å²) in [5.41, 5.74) is 10.9. The molecule has 0 atom stereocenters. The van der Waals surface area contributed by atoms with Crippen molar-refractivity contribution in [3.8, 4) is 0 Å². The minimum atomic E-state index is -0.530. The van der Waals surface area contributed by atoms with Gasteiger partial charge in [-0.2, -0.15) is 0 Å². The lowest BCUT2D eigenvalue weighted by atomic mass is 10.0. The molecule has 1 fully saturated rings. The predicted molar refractivity (Wildman–Crippen MR) is 140 cm³/mol. The number of pyridine rings is 1. The molecular weight excluding hydrogens is 438 g/mol. The molecule has 5 rings (SSSR count). The second-order valence-corrected chi connectivity index (χ2v) is 8.70. The largest absolute Gasteiger partial charge is 0.372 e. The molecule has 0 spiro atoms. The Bertz CT molecular complexity index is 1380.